The number of nitrogens with one attached hydrogen (secondary N) is 1. The maximum Gasteiger partial charge on any atom is 0.124 e. The fourth-order valence-corrected chi connectivity index (χ4v) is 1.88. The van der Waals surface area contributed by atoms with Crippen LogP contribution in [0.1, 0.15) is 11.4 Å². The molecule has 1 aliphatic heterocycles. The lowest BCUT2D eigenvalue weighted by atomic mass is 10.1. The third-order valence-corrected chi connectivity index (χ3v) is 2.44. The standard InChI is InChI=1S/C10H10N2O/c1-6-11-8-2-3-9-7(4-5-13-9)10(8)12-6/h2-3H,4-5H2,1H3,(H,11,12). The Morgan fingerprint density at radius 1 is 1.46 bits per heavy atom. The van der Waals surface area contributed by atoms with E-state index in [-0.39, 0.29) is 0 Å². The summed E-state index contributed by atoms with van der Waals surface area (Å²) in [7, 11) is 0. The Hall–Kier alpha value is -1.51. The molecule has 13 heavy (non-hydrogen) atoms. The molecule has 3 nitrogen and oxygen atoms in total. The topological polar surface area (TPSA) is 37.9 Å². The molecule has 3 heteroatoms. The van der Waals surface area contributed by atoms with Crippen LogP contribution in [0.2, 0.25) is 0 Å². The Kier molecular flexibility index (Phi) is 1.20. The van der Waals surface area contributed by atoms with Crippen molar-refractivity contribution in [2.75, 3.05) is 6.61 Å². The smallest absolute Gasteiger partial charge is 0.124 e. The van der Waals surface area contributed by atoms with Crippen LogP contribution in [0.15, 0.2) is 12.1 Å². The summed E-state index contributed by atoms with van der Waals surface area (Å²) >= 11 is 0. The van der Waals surface area contributed by atoms with Gasteiger partial charge in [-0.15, -0.1) is 0 Å². The second kappa shape index (κ2) is 2.25. The number of H-pyrrole nitrogens is 1. The molecule has 0 aliphatic carbocycles. The first-order valence-electron chi connectivity index (χ1n) is 4.45. The minimum absolute atomic E-state index is 0.792. The van der Waals surface area contributed by atoms with Crippen molar-refractivity contribution in [3.05, 3.63) is 23.5 Å². The monoisotopic (exact) mass is 174 g/mol. The summed E-state index contributed by atoms with van der Waals surface area (Å²) in [6.45, 7) is 2.77. The minimum atomic E-state index is 0.792. The lowest BCUT2D eigenvalue weighted by molar-refractivity contribution is 0.357. The molecule has 0 unspecified atom stereocenters. The predicted molar refractivity (Wildman–Crippen MR) is 50.0 cm³/mol. The molecule has 66 valence electrons. The molecule has 0 amide bonds. The van der Waals surface area contributed by atoms with Crippen LogP contribution in [0.4, 0.5) is 0 Å². The van der Waals surface area contributed by atoms with Gasteiger partial charge in [0.25, 0.3) is 0 Å². The first-order chi connectivity index (χ1) is 6.34. The van der Waals surface area contributed by atoms with Crippen LogP contribution < -0.4 is 4.74 Å². The third-order valence-electron chi connectivity index (χ3n) is 2.44. The SMILES string of the molecule is Cc1nc2c3c(ccc2[nH]1)OCC3. The van der Waals surface area contributed by atoms with Crippen molar-refractivity contribution in [3.8, 4) is 5.75 Å². The number of aryl methyl sites for hydroxylation is 1. The molecule has 2 heterocycles. The Labute approximate surface area is 75.7 Å². The van der Waals surface area contributed by atoms with E-state index in [0.29, 0.717) is 0 Å². The van der Waals surface area contributed by atoms with E-state index < -0.39 is 0 Å². The summed E-state index contributed by atoms with van der Waals surface area (Å²) in [6.07, 6.45) is 0.983. The van der Waals surface area contributed by atoms with Crippen LogP contribution in [-0.2, 0) is 6.42 Å². The summed E-state index contributed by atoms with van der Waals surface area (Å²) in [5.74, 6) is 1.97. The average Bonchev–Trinajstić information content (AvgIpc) is 2.65. The van der Waals surface area contributed by atoms with Gasteiger partial charge >= 0.3 is 0 Å². The normalized spacial score (nSPS) is 14.5. The zero-order valence-corrected chi connectivity index (χ0v) is 7.42. The Balaban J connectivity index is 2.42. The Morgan fingerprint density at radius 2 is 2.38 bits per heavy atom. The van der Waals surface area contributed by atoms with Crippen LogP contribution in [0.5, 0.6) is 5.75 Å². The van der Waals surface area contributed by atoms with Crippen molar-refractivity contribution in [1.82, 2.24) is 9.97 Å². The highest BCUT2D eigenvalue weighted by atomic mass is 16.5. The van der Waals surface area contributed by atoms with E-state index in [1.54, 1.807) is 0 Å². The van der Waals surface area contributed by atoms with Crippen molar-refractivity contribution in [2.24, 2.45) is 0 Å². The molecular weight excluding hydrogens is 164 g/mol. The van der Waals surface area contributed by atoms with Gasteiger partial charge in [-0.3, -0.25) is 0 Å². The number of fused-ring (bicyclic) bond motifs is 3. The van der Waals surface area contributed by atoms with E-state index in [2.05, 4.69) is 9.97 Å². The van der Waals surface area contributed by atoms with Crippen LogP contribution in [0, 0.1) is 6.92 Å². The molecule has 2 aromatic rings. The molecule has 0 radical (unpaired) electrons. The number of imidazole rings is 1. The highest BCUT2D eigenvalue weighted by molar-refractivity contribution is 5.82. The van der Waals surface area contributed by atoms with Gasteiger partial charge in [-0.1, -0.05) is 0 Å². The van der Waals surface area contributed by atoms with Gasteiger partial charge in [-0.2, -0.15) is 0 Å². The molecule has 0 saturated heterocycles. The number of aromatic amines is 1. The summed E-state index contributed by atoms with van der Waals surface area (Å²) in [6, 6.07) is 4.04. The van der Waals surface area contributed by atoms with Gasteiger partial charge in [-0.05, 0) is 19.1 Å². The second-order valence-corrected chi connectivity index (χ2v) is 3.36. The van der Waals surface area contributed by atoms with E-state index in [0.717, 1.165) is 35.6 Å². The van der Waals surface area contributed by atoms with Crippen LogP contribution in [0.25, 0.3) is 11.0 Å². The average molecular weight is 174 g/mol. The van der Waals surface area contributed by atoms with Crippen LogP contribution in [0.3, 0.4) is 0 Å². The molecule has 1 aromatic carbocycles. The minimum Gasteiger partial charge on any atom is -0.493 e. The first-order valence-corrected chi connectivity index (χ1v) is 4.45. The Bertz CT molecular complexity index is 473. The first kappa shape index (κ1) is 6.95. The third kappa shape index (κ3) is 0.869. The van der Waals surface area contributed by atoms with Gasteiger partial charge in [0.2, 0.25) is 0 Å². The molecule has 3 rings (SSSR count). The number of aromatic nitrogens is 2. The van der Waals surface area contributed by atoms with Gasteiger partial charge in [0, 0.05) is 12.0 Å². The van der Waals surface area contributed by atoms with Crippen LogP contribution in [-0.4, -0.2) is 16.6 Å². The van der Waals surface area contributed by atoms with Crippen molar-refractivity contribution < 1.29 is 4.74 Å². The van der Waals surface area contributed by atoms with Crippen molar-refractivity contribution >= 4 is 11.0 Å². The predicted octanol–water partition coefficient (Wildman–Crippen LogP) is 1.81. The lowest BCUT2D eigenvalue weighted by Crippen LogP contribution is -1.86. The largest absolute Gasteiger partial charge is 0.493 e. The Morgan fingerprint density at radius 3 is 3.31 bits per heavy atom. The maximum atomic E-state index is 5.46. The quantitative estimate of drug-likeness (QED) is 0.661. The molecule has 1 N–H and O–H groups in total. The number of nitrogens with zero attached hydrogens (tertiary/aromatic N) is 1. The lowest BCUT2D eigenvalue weighted by Gasteiger charge is -1.97. The molecule has 0 spiro atoms. The molecule has 1 aromatic heterocycles. The fourth-order valence-electron chi connectivity index (χ4n) is 1.88. The van der Waals surface area contributed by atoms with Gasteiger partial charge in [0.15, 0.2) is 0 Å². The molecule has 1 aliphatic rings. The zero-order chi connectivity index (χ0) is 8.84. The maximum absolute atomic E-state index is 5.46. The summed E-state index contributed by atoms with van der Waals surface area (Å²) < 4.78 is 5.46. The fraction of sp³-hybridized carbons (Fsp3) is 0.300. The molecule has 0 atom stereocenters. The number of hydrogen-bond acceptors (Lipinski definition) is 2. The van der Waals surface area contributed by atoms with Crippen molar-refractivity contribution in [3.63, 3.8) is 0 Å². The summed E-state index contributed by atoms with van der Waals surface area (Å²) in [5, 5.41) is 0. The highest BCUT2D eigenvalue weighted by Crippen LogP contribution is 2.30. The second-order valence-electron chi connectivity index (χ2n) is 3.36. The molecule has 0 bridgehead atoms. The van der Waals surface area contributed by atoms with Gasteiger partial charge in [-0.25, -0.2) is 4.98 Å². The van der Waals surface area contributed by atoms with E-state index in [1.165, 1.54) is 5.56 Å². The number of hydrogen-bond donors (Lipinski definition) is 1. The van der Waals surface area contributed by atoms with E-state index >= 15 is 0 Å². The highest BCUT2D eigenvalue weighted by Gasteiger charge is 2.16. The number of ether oxygens (including phenoxy) is 1. The van der Waals surface area contributed by atoms with Gasteiger partial charge in [0.1, 0.15) is 11.6 Å². The van der Waals surface area contributed by atoms with E-state index in [9.17, 15) is 0 Å². The summed E-state index contributed by atoms with van der Waals surface area (Å²) in [4.78, 5) is 7.67. The molecular formula is C10H10N2O. The van der Waals surface area contributed by atoms with Crippen LogP contribution >= 0.6 is 0 Å². The number of benzene rings is 1. The van der Waals surface area contributed by atoms with Crippen molar-refractivity contribution in [1.29, 1.82) is 0 Å². The van der Waals surface area contributed by atoms with Gasteiger partial charge < -0.3 is 9.72 Å². The van der Waals surface area contributed by atoms with E-state index in [4.69, 9.17) is 4.74 Å². The zero-order valence-electron chi connectivity index (χ0n) is 7.42. The van der Waals surface area contributed by atoms with Crippen molar-refractivity contribution in [2.45, 2.75) is 13.3 Å². The summed E-state index contributed by atoms with van der Waals surface area (Å²) in [5.41, 5.74) is 3.44. The van der Waals surface area contributed by atoms with Gasteiger partial charge in [0.05, 0.1) is 17.6 Å². The molecule has 0 saturated carbocycles. The number of rotatable bonds is 0. The van der Waals surface area contributed by atoms with E-state index in [1.807, 2.05) is 19.1 Å². The molecule has 0 fully saturated rings.